The third-order valence-corrected chi connectivity index (χ3v) is 4.66. The van der Waals surface area contributed by atoms with Gasteiger partial charge < -0.3 is 9.64 Å². The first-order valence-electron chi connectivity index (χ1n) is 8.04. The van der Waals surface area contributed by atoms with Gasteiger partial charge in [-0.15, -0.1) is 0 Å². The molecule has 120 valence electrons. The quantitative estimate of drug-likeness (QED) is 0.810. The summed E-state index contributed by atoms with van der Waals surface area (Å²) >= 11 is 0. The van der Waals surface area contributed by atoms with Crippen LogP contribution in [0.2, 0.25) is 0 Å². The lowest BCUT2D eigenvalue weighted by Crippen LogP contribution is -2.32. The number of likely N-dealkylation sites (tertiary alicyclic amines) is 2. The van der Waals surface area contributed by atoms with Crippen LogP contribution in [0.3, 0.4) is 0 Å². The molecule has 6 heteroatoms. The van der Waals surface area contributed by atoms with E-state index in [2.05, 4.69) is 14.9 Å². The second kappa shape index (κ2) is 7.15. The van der Waals surface area contributed by atoms with Gasteiger partial charge in [0.25, 0.3) is 0 Å². The van der Waals surface area contributed by atoms with Crippen LogP contribution in [-0.2, 0) is 16.1 Å². The third-order valence-electron chi connectivity index (χ3n) is 4.66. The molecule has 1 aromatic heterocycles. The first-order chi connectivity index (χ1) is 10.8. The SMILES string of the molecule is CO[C@H]1CN(Cc2cnccn2)C[C@@H]1CC(=O)N1CCCC1. The maximum atomic E-state index is 12.4. The van der Waals surface area contributed by atoms with Gasteiger partial charge in [-0.1, -0.05) is 0 Å². The highest BCUT2D eigenvalue weighted by Gasteiger charge is 2.35. The predicted octanol–water partition coefficient (Wildman–Crippen LogP) is 0.936. The maximum Gasteiger partial charge on any atom is 0.222 e. The molecule has 3 heterocycles. The number of nitrogens with zero attached hydrogens (tertiary/aromatic N) is 4. The highest BCUT2D eigenvalue weighted by molar-refractivity contribution is 5.76. The van der Waals surface area contributed by atoms with Crippen LogP contribution in [0.15, 0.2) is 18.6 Å². The second-order valence-electron chi connectivity index (χ2n) is 6.22. The molecule has 2 aliphatic rings. The van der Waals surface area contributed by atoms with Crippen molar-refractivity contribution in [3.05, 3.63) is 24.3 Å². The summed E-state index contributed by atoms with van der Waals surface area (Å²) in [5.41, 5.74) is 0.962. The van der Waals surface area contributed by atoms with Crippen LogP contribution < -0.4 is 0 Å². The van der Waals surface area contributed by atoms with Crippen molar-refractivity contribution >= 4 is 5.91 Å². The van der Waals surface area contributed by atoms with Crippen LogP contribution in [0, 0.1) is 5.92 Å². The molecule has 6 nitrogen and oxygen atoms in total. The summed E-state index contributed by atoms with van der Waals surface area (Å²) in [7, 11) is 1.74. The molecule has 2 atom stereocenters. The zero-order valence-electron chi connectivity index (χ0n) is 13.1. The van der Waals surface area contributed by atoms with Gasteiger partial charge in [0.1, 0.15) is 0 Å². The number of aromatic nitrogens is 2. The number of ether oxygens (including phenoxy) is 1. The topological polar surface area (TPSA) is 58.6 Å². The number of rotatable bonds is 5. The van der Waals surface area contributed by atoms with E-state index in [4.69, 9.17) is 4.74 Å². The normalized spacial score (nSPS) is 25.8. The number of amides is 1. The molecule has 0 aromatic carbocycles. The van der Waals surface area contributed by atoms with Crippen LogP contribution in [-0.4, -0.2) is 65.1 Å². The van der Waals surface area contributed by atoms with E-state index in [0.717, 1.165) is 51.3 Å². The Morgan fingerprint density at radius 2 is 2.14 bits per heavy atom. The van der Waals surface area contributed by atoms with E-state index in [0.29, 0.717) is 6.42 Å². The summed E-state index contributed by atoms with van der Waals surface area (Å²) < 4.78 is 5.61. The Hall–Kier alpha value is -1.53. The van der Waals surface area contributed by atoms with Gasteiger partial charge in [0, 0.05) is 70.8 Å². The summed E-state index contributed by atoms with van der Waals surface area (Å²) in [6.45, 7) is 4.35. The van der Waals surface area contributed by atoms with E-state index < -0.39 is 0 Å². The number of methoxy groups -OCH3 is 1. The molecule has 3 rings (SSSR count). The first kappa shape index (κ1) is 15.4. The molecule has 0 radical (unpaired) electrons. The summed E-state index contributed by atoms with van der Waals surface area (Å²) in [4.78, 5) is 25.1. The molecule has 1 aromatic rings. The lowest BCUT2D eigenvalue weighted by Gasteiger charge is -2.20. The Balaban J connectivity index is 1.56. The largest absolute Gasteiger partial charge is 0.380 e. The second-order valence-corrected chi connectivity index (χ2v) is 6.22. The van der Waals surface area contributed by atoms with Crippen molar-refractivity contribution in [2.45, 2.75) is 31.9 Å². The van der Waals surface area contributed by atoms with E-state index in [-0.39, 0.29) is 17.9 Å². The Bertz CT molecular complexity index is 490. The lowest BCUT2D eigenvalue weighted by molar-refractivity contribution is -0.131. The smallest absolute Gasteiger partial charge is 0.222 e. The Labute approximate surface area is 131 Å². The van der Waals surface area contributed by atoms with E-state index in [1.165, 1.54) is 0 Å². The van der Waals surface area contributed by atoms with Gasteiger partial charge >= 0.3 is 0 Å². The van der Waals surface area contributed by atoms with E-state index in [9.17, 15) is 4.79 Å². The minimum Gasteiger partial charge on any atom is -0.380 e. The highest BCUT2D eigenvalue weighted by atomic mass is 16.5. The van der Waals surface area contributed by atoms with Crippen molar-refractivity contribution in [2.75, 3.05) is 33.3 Å². The fourth-order valence-corrected chi connectivity index (χ4v) is 3.48. The highest BCUT2D eigenvalue weighted by Crippen LogP contribution is 2.25. The molecule has 2 fully saturated rings. The summed E-state index contributed by atoms with van der Waals surface area (Å²) in [5.74, 6) is 0.556. The molecular formula is C16H24N4O2. The fourth-order valence-electron chi connectivity index (χ4n) is 3.48. The standard InChI is InChI=1S/C16H24N4O2/c1-22-15-12-19(11-14-9-17-4-5-18-14)10-13(15)8-16(21)20-6-2-3-7-20/h4-5,9,13,15H,2-3,6-8,10-12H2,1H3/t13-,15-/m0/s1. The minimum absolute atomic E-state index is 0.128. The zero-order valence-corrected chi connectivity index (χ0v) is 13.1. The maximum absolute atomic E-state index is 12.4. The number of carbonyl (C=O) groups is 1. The van der Waals surface area contributed by atoms with Crippen molar-refractivity contribution < 1.29 is 9.53 Å². The van der Waals surface area contributed by atoms with Gasteiger partial charge in [-0.3, -0.25) is 19.7 Å². The number of hydrogen-bond acceptors (Lipinski definition) is 5. The molecule has 0 aliphatic carbocycles. The molecule has 2 aliphatic heterocycles. The van der Waals surface area contributed by atoms with Crippen LogP contribution in [0.25, 0.3) is 0 Å². The fraction of sp³-hybridized carbons (Fsp3) is 0.688. The van der Waals surface area contributed by atoms with Crippen molar-refractivity contribution in [1.29, 1.82) is 0 Å². The predicted molar refractivity (Wildman–Crippen MR) is 82.0 cm³/mol. The molecule has 2 saturated heterocycles. The summed E-state index contributed by atoms with van der Waals surface area (Å²) in [6.07, 6.45) is 8.20. The van der Waals surface area contributed by atoms with Crippen LogP contribution in [0.4, 0.5) is 0 Å². The lowest BCUT2D eigenvalue weighted by atomic mass is 10.0. The van der Waals surface area contributed by atoms with Crippen molar-refractivity contribution in [1.82, 2.24) is 19.8 Å². The van der Waals surface area contributed by atoms with Gasteiger partial charge in [0.15, 0.2) is 0 Å². The molecule has 0 bridgehead atoms. The average Bonchev–Trinajstić information content (AvgIpc) is 3.18. The van der Waals surface area contributed by atoms with Crippen LogP contribution >= 0.6 is 0 Å². The molecule has 0 saturated carbocycles. The number of hydrogen-bond donors (Lipinski definition) is 0. The van der Waals surface area contributed by atoms with Crippen LogP contribution in [0.5, 0.6) is 0 Å². The molecule has 22 heavy (non-hydrogen) atoms. The van der Waals surface area contributed by atoms with Crippen molar-refractivity contribution in [2.24, 2.45) is 5.92 Å². The van der Waals surface area contributed by atoms with Crippen molar-refractivity contribution in [3.63, 3.8) is 0 Å². The van der Waals surface area contributed by atoms with Gasteiger partial charge in [-0.25, -0.2) is 0 Å². The third kappa shape index (κ3) is 3.62. The summed E-state index contributed by atoms with van der Waals surface area (Å²) in [5, 5.41) is 0. The molecule has 0 unspecified atom stereocenters. The average molecular weight is 304 g/mol. The Morgan fingerprint density at radius 3 is 2.82 bits per heavy atom. The van der Waals surface area contributed by atoms with E-state index in [1.54, 1.807) is 25.7 Å². The molecular weight excluding hydrogens is 280 g/mol. The zero-order chi connectivity index (χ0) is 15.4. The summed E-state index contributed by atoms with van der Waals surface area (Å²) in [6, 6.07) is 0. The van der Waals surface area contributed by atoms with Gasteiger partial charge in [-0.2, -0.15) is 0 Å². The Morgan fingerprint density at radius 1 is 1.32 bits per heavy atom. The van der Waals surface area contributed by atoms with E-state index >= 15 is 0 Å². The van der Waals surface area contributed by atoms with E-state index in [1.807, 2.05) is 4.90 Å². The van der Waals surface area contributed by atoms with Gasteiger partial charge in [-0.05, 0) is 12.8 Å². The minimum atomic E-state index is 0.128. The monoisotopic (exact) mass is 304 g/mol. The Kier molecular flexibility index (Phi) is 5.00. The van der Waals surface area contributed by atoms with Gasteiger partial charge in [0.05, 0.1) is 11.8 Å². The molecule has 0 spiro atoms. The molecule has 0 N–H and O–H groups in total. The van der Waals surface area contributed by atoms with Gasteiger partial charge in [0.2, 0.25) is 5.91 Å². The first-order valence-corrected chi connectivity index (χ1v) is 8.04. The molecule has 1 amide bonds. The number of carbonyl (C=O) groups excluding carboxylic acids is 1. The van der Waals surface area contributed by atoms with Crippen LogP contribution in [0.1, 0.15) is 25.0 Å². The van der Waals surface area contributed by atoms with Crippen molar-refractivity contribution in [3.8, 4) is 0 Å².